The normalized spacial score (nSPS) is 18.9. The Balaban J connectivity index is 1.69. The van der Waals surface area contributed by atoms with Gasteiger partial charge in [0.15, 0.2) is 11.6 Å². The first-order valence-corrected chi connectivity index (χ1v) is 11.8. The third-order valence-corrected chi connectivity index (χ3v) is 7.62. The van der Waals surface area contributed by atoms with Crippen LogP contribution in [0.1, 0.15) is 34.3 Å². The number of hydrogen-bond acceptors (Lipinski definition) is 2. The highest BCUT2D eigenvalue weighted by molar-refractivity contribution is 6.31. The Morgan fingerprint density at radius 3 is 2.53 bits per heavy atom. The number of hydrogen-bond donors (Lipinski definition) is 1. The molecule has 34 heavy (non-hydrogen) atoms. The molecule has 2 aliphatic rings. The lowest BCUT2D eigenvalue weighted by molar-refractivity contribution is 0.0959. The van der Waals surface area contributed by atoms with E-state index in [2.05, 4.69) is 5.32 Å². The maximum Gasteiger partial charge on any atom is 0.261 e. The molecule has 1 atom stereocenters. The molecular weight excluding hydrogens is 484 g/mol. The van der Waals surface area contributed by atoms with Gasteiger partial charge in [-0.25, -0.2) is 13.2 Å². The molecule has 0 saturated carbocycles. The van der Waals surface area contributed by atoms with Crippen LogP contribution in [0.4, 0.5) is 18.9 Å². The quantitative estimate of drug-likeness (QED) is 0.453. The fourth-order valence-corrected chi connectivity index (χ4v) is 5.84. The van der Waals surface area contributed by atoms with Crippen molar-refractivity contribution in [3.63, 3.8) is 0 Å². The van der Waals surface area contributed by atoms with E-state index in [-0.39, 0.29) is 10.6 Å². The SMILES string of the molecule is O=C(c1cccc(F)c1F)N1c2ccc(Cl)cc2C2(CCNCC2)[C@H]1Cc1ccc(F)cc1Cl. The third-order valence-electron chi connectivity index (χ3n) is 7.03. The molecule has 3 aromatic carbocycles. The molecule has 176 valence electrons. The fraction of sp³-hybridized carbons (Fsp3) is 0.269. The van der Waals surface area contributed by atoms with Gasteiger partial charge in [0, 0.05) is 21.1 Å². The zero-order valence-corrected chi connectivity index (χ0v) is 19.6. The van der Waals surface area contributed by atoms with Gasteiger partial charge >= 0.3 is 0 Å². The summed E-state index contributed by atoms with van der Waals surface area (Å²) < 4.78 is 42.5. The molecule has 8 heteroatoms. The number of anilines is 1. The largest absolute Gasteiger partial charge is 0.317 e. The number of carbonyl (C=O) groups is 1. The van der Waals surface area contributed by atoms with Gasteiger partial charge in [-0.15, -0.1) is 0 Å². The summed E-state index contributed by atoms with van der Waals surface area (Å²) in [7, 11) is 0. The van der Waals surface area contributed by atoms with E-state index in [0.717, 1.165) is 24.7 Å². The van der Waals surface area contributed by atoms with Gasteiger partial charge in [0.05, 0.1) is 11.6 Å². The van der Waals surface area contributed by atoms with Gasteiger partial charge in [-0.05, 0) is 85.9 Å². The van der Waals surface area contributed by atoms with Crippen molar-refractivity contribution in [3.05, 3.63) is 98.8 Å². The summed E-state index contributed by atoms with van der Waals surface area (Å²) in [6.07, 6.45) is 1.73. The number of amides is 1. The second-order valence-corrected chi connectivity index (χ2v) is 9.64. The van der Waals surface area contributed by atoms with E-state index in [1.807, 2.05) is 6.07 Å². The summed E-state index contributed by atoms with van der Waals surface area (Å²) >= 11 is 12.8. The van der Waals surface area contributed by atoms with Crippen LogP contribution in [0.3, 0.4) is 0 Å². The molecule has 5 rings (SSSR count). The highest BCUT2D eigenvalue weighted by Gasteiger charge is 2.53. The van der Waals surface area contributed by atoms with Crippen molar-refractivity contribution in [3.8, 4) is 0 Å². The molecule has 1 spiro atoms. The minimum Gasteiger partial charge on any atom is -0.317 e. The summed E-state index contributed by atoms with van der Waals surface area (Å²) in [4.78, 5) is 15.4. The molecule has 0 radical (unpaired) electrons. The van der Waals surface area contributed by atoms with Crippen molar-refractivity contribution >= 4 is 34.8 Å². The number of nitrogens with zero attached hydrogens (tertiary/aromatic N) is 1. The number of piperidine rings is 1. The number of carbonyl (C=O) groups excluding carboxylic acids is 1. The van der Waals surface area contributed by atoms with Crippen molar-refractivity contribution in [1.29, 1.82) is 0 Å². The Labute approximate surface area is 205 Å². The second kappa shape index (κ2) is 8.91. The van der Waals surface area contributed by atoms with Gasteiger partial charge in [-0.3, -0.25) is 4.79 Å². The molecule has 0 unspecified atom stereocenters. The Kier molecular flexibility index (Phi) is 6.09. The van der Waals surface area contributed by atoms with Gasteiger partial charge in [0.1, 0.15) is 5.82 Å². The first-order valence-electron chi connectivity index (χ1n) is 11.0. The van der Waals surface area contributed by atoms with Crippen molar-refractivity contribution in [2.45, 2.75) is 30.7 Å². The highest BCUT2D eigenvalue weighted by atomic mass is 35.5. The smallest absolute Gasteiger partial charge is 0.261 e. The molecule has 0 aliphatic carbocycles. The van der Waals surface area contributed by atoms with Crippen LogP contribution in [0.25, 0.3) is 0 Å². The summed E-state index contributed by atoms with van der Waals surface area (Å²) in [5, 5.41) is 4.14. The number of fused-ring (bicyclic) bond motifs is 2. The zero-order chi connectivity index (χ0) is 24.0. The minimum absolute atomic E-state index is 0.252. The van der Waals surface area contributed by atoms with Gasteiger partial charge < -0.3 is 10.2 Å². The van der Waals surface area contributed by atoms with E-state index in [9.17, 15) is 18.0 Å². The van der Waals surface area contributed by atoms with Crippen LogP contribution in [0.15, 0.2) is 54.6 Å². The topological polar surface area (TPSA) is 32.3 Å². The van der Waals surface area contributed by atoms with Gasteiger partial charge in [0.2, 0.25) is 0 Å². The lowest BCUT2D eigenvalue weighted by Gasteiger charge is -2.42. The Bertz CT molecular complexity index is 1280. The Morgan fingerprint density at radius 1 is 1.03 bits per heavy atom. The molecule has 1 saturated heterocycles. The molecule has 3 aromatic rings. The fourth-order valence-electron chi connectivity index (χ4n) is 5.42. The van der Waals surface area contributed by atoms with E-state index in [4.69, 9.17) is 23.2 Å². The number of nitrogens with one attached hydrogen (secondary N) is 1. The predicted molar refractivity (Wildman–Crippen MR) is 127 cm³/mol. The summed E-state index contributed by atoms with van der Waals surface area (Å²) in [6.45, 7) is 1.44. The molecule has 0 aromatic heterocycles. The molecule has 0 bridgehead atoms. The van der Waals surface area contributed by atoms with Crippen LogP contribution in [-0.2, 0) is 11.8 Å². The van der Waals surface area contributed by atoms with Crippen LogP contribution >= 0.6 is 23.2 Å². The van der Waals surface area contributed by atoms with E-state index in [1.165, 1.54) is 24.3 Å². The molecule has 2 heterocycles. The van der Waals surface area contributed by atoms with Crippen LogP contribution in [0.5, 0.6) is 0 Å². The third kappa shape index (κ3) is 3.78. The molecule has 1 fully saturated rings. The standard InChI is InChI=1S/C26H21Cl2F3N2O/c27-16-5-7-22-19(13-16)26(8-10-32-11-9-26)23(12-15-4-6-17(29)14-20(15)28)33(22)25(34)18-2-1-3-21(30)24(18)31/h1-7,13-14,23,32H,8-12H2/t23-/m1/s1. The first kappa shape index (κ1) is 23.2. The molecule has 3 nitrogen and oxygen atoms in total. The average molecular weight is 505 g/mol. The van der Waals surface area contributed by atoms with E-state index in [0.29, 0.717) is 35.5 Å². The van der Waals surface area contributed by atoms with E-state index in [1.54, 1.807) is 23.1 Å². The molecule has 2 aliphatic heterocycles. The summed E-state index contributed by atoms with van der Waals surface area (Å²) in [5.41, 5.74) is 1.35. The molecule has 1 amide bonds. The van der Waals surface area contributed by atoms with E-state index < -0.39 is 34.8 Å². The van der Waals surface area contributed by atoms with Crippen LogP contribution in [0, 0.1) is 17.5 Å². The van der Waals surface area contributed by atoms with Crippen LogP contribution < -0.4 is 10.2 Å². The van der Waals surface area contributed by atoms with Crippen molar-refractivity contribution in [1.82, 2.24) is 5.32 Å². The van der Waals surface area contributed by atoms with Crippen molar-refractivity contribution < 1.29 is 18.0 Å². The monoisotopic (exact) mass is 504 g/mol. The lowest BCUT2D eigenvalue weighted by atomic mass is 9.68. The average Bonchev–Trinajstić information content (AvgIpc) is 3.06. The lowest BCUT2D eigenvalue weighted by Crippen LogP contribution is -2.53. The number of rotatable bonds is 3. The van der Waals surface area contributed by atoms with E-state index >= 15 is 0 Å². The predicted octanol–water partition coefficient (Wildman–Crippen LogP) is 6.30. The van der Waals surface area contributed by atoms with Crippen LogP contribution in [0.2, 0.25) is 10.0 Å². The van der Waals surface area contributed by atoms with Crippen LogP contribution in [-0.4, -0.2) is 25.0 Å². The summed E-state index contributed by atoms with van der Waals surface area (Å²) in [6, 6.07) is 12.6. The maximum absolute atomic E-state index is 14.7. The molecular formula is C26H21Cl2F3N2O. The zero-order valence-electron chi connectivity index (χ0n) is 18.1. The van der Waals surface area contributed by atoms with Gasteiger partial charge in [-0.1, -0.05) is 35.3 Å². The first-order chi connectivity index (χ1) is 16.3. The van der Waals surface area contributed by atoms with Gasteiger partial charge in [0.25, 0.3) is 5.91 Å². The van der Waals surface area contributed by atoms with Gasteiger partial charge in [-0.2, -0.15) is 0 Å². The number of benzene rings is 3. The second-order valence-electron chi connectivity index (χ2n) is 8.80. The van der Waals surface area contributed by atoms with Crippen molar-refractivity contribution in [2.24, 2.45) is 0 Å². The summed E-state index contributed by atoms with van der Waals surface area (Å²) in [5.74, 6) is -3.37. The Hall–Kier alpha value is -2.54. The highest BCUT2D eigenvalue weighted by Crippen LogP contribution is 2.52. The minimum atomic E-state index is -1.19. The molecule has 1 N–H and O–H groups in total. The Morgan fingerprint density at radius 2 is 1.79 bits per heavy atom. The maximum atomic E-state index is 14.7. The number of halogens is 5. The van der Waals surface area contributed by atoms with Crippen molar-refractivity contribution in [2.75, 3.05) is 18.0 Å².